The van der Waals surface area contributed by atoms with Crippen LogP contribution in [0, 0.1) is 17.8 Å². The van der Waals surface area contributed by atoms with Gasteiger partial charge in [-0.15, -0.1) is 0 Å². The number of nitrogens with one attached hydrogen (secondary N) is 5. The fourth-order valence-electron chi connectivity index (χ4n) is 16.2. The van der Waals surface area contributed by atoms with Crippen molar-refractivity contribution in [2.45, 2.75) is 171 Å². The van der Waals surface area contributed by atoms with Gasteiger partial charge in [0.15, 0.2) is 17.6 Å². The van der Waals surface area contributed by atoms with Gasteiger partial charge < -0.3 is 65.2 Å². The van der Waals surface area contributed by atoms with Crippen LogP contribution in [-0.4, -0.2) is 124 Å². The van der Waals surface area contributed by atoms with Crippen molar-refractivity contribution in [3.63, 3.8) is 0 Å². The number of aromatic nitrogens is 1. The predicted molar refractivity (Wildman–Crippen MR) is 364 cm³/mol. The van der Waals surface area contributed by atoms with Gasteiger partial charge in [-0.25, -0.2) is 0 Å². The molecular weight excluding hydrogens is 1170 g/mol. The van der Waals surface area contributed by atoms with Crippen molar-refractivity contribution < 1.29 is 49.6 Å². The van der Waals surface area contributed by atoms with Crippen molar-refractivity contribution in [3.8, 4) is 51.7 Å². The molecule has 13 rings (SSSR count). The molecule has 8 atom stereocenters. The third kappa shape index (κ3) is 13.6. The van der Waals surface area contributed by atoms with Gasteiger partial charge in [0.2, 0.25) is 0 Å². The van der Waals surface area contributed by atoms with Gasteiger partial charge in [-0.05, 0) is 199 Å². The van der Waals surface area contributed by atoms with Gasteiger partial charge in [-0.2, -0.15) is 0 Å². The van der Waals surface area contributed by atoms with E-state index < -0.39 is 35.6 Å². The Bertz CT molecular complexity index is 3880. The number of hydrogen-bond acceptors (Lipinski definition) is 14. The second kappa shape index (κ2) is 28.4. The molecule has 15 heteroatoms. The number of hydrogen-bond donors (Lipinski definition) is 11. The SMILES string of the molecule is CC(C)C[C@@](C)(O)CNCN[C@@H]1C#CC[C@H](CO)Oc2cc(cc(CCc3ccccc3CCO)c2O)[C@H]2Oc3c(c4c(c5c3CC[C@@H](CO)O5)-c3ccc(O)c5c3[C@@H](C4)[C@H](c3ccc4[nH]ccc4c3)C(CNCCCc3ccccc3)=C5)C[C@@]21OCNC1CCCC1. The number of phenols is 2. The summed E-state index contributed by atoms with van der Waals surface area (Å²) in [5.74, 6) is 8.89. The minimum absolute atomic E-state index is 0.00728. The Hall–Kier alpha value is -7.20. The zero-order chi connectivity index (χ0) is 64.2. The van der Waals surface area contributed by atoms with Crippen molar-refractivity contribution >= 4 is 17.0 Å². The van der Waals surface area contributed by atoms with Gasteiger partial charge in [-0.1, -0.05) is 105 Å². The lowest BCUT2D eigenvalue weighted by atomic mass is 9.62. The van der Waals surface area contributed by atoms with E-state index in [0.717, 1.165) is 106 Å². The summed E-state index contributed by atoms with van der Waals surface area (Å²) in [7, 11) is 0. The van der Waals surface area contributed by atoms with Crippen LogP contribution in [0.15, 0.2) is 115 Å². The number of aromatic hydroxyl groups is 2. The number of H-pyrrole nitrogens is 1. The van der Waals surface area contributed by atoms with E-state index in [4.69, 9.17) is 18.9 Å². The van der Waals surface area contributed by atoms with E-state index in [2.05, 4.69) is 125 Å². The van der Waals surface area contributed by atoms with Crippen molar-refractivity contribution in [1.82, 2.24) is 26.3 Å². The summed E-state index contributed by atoms with van der Waals surface area (Å²) in [6.45, 7) is 7.71. The van der Waals surface area contributed by atoms with E-state index in [1.807, 2.05) is 49.5 Å². The van der Waals surface area contributed by atoms with Crippen molar-refractivity contribution in [3.05, 3.63) is 176 Å². The Labute approximate surface area is 547 Å². The molecule has 4 heterocycles. The molecule has 0 radical (unpaired) electrons. The molecule has 11 N–H and O–H groups in total. The molecule has 3 aliphatic carbocycles. The van der Waals surface area contributed by atoms with Gasteiger partial charge in [0.25, 0.3) is 0 Å². The summed E-state index contributed by atoms with van der Waals surface area (Å²) in [5, 5.41) is 84.7. The normalized spacial score (nSPS) is 22.7. The van der Waals surface area contributed by atoms with E-state index in [0.29, 0.717) is 87.1 Å². The first-order valence-electron chi connectivity index (χ1n) is 34.2. The number of aliphatic hydroxyl groups excluding tert-OH is 3. The van der Waals surface area contributed by atoms with Crippen molar-refractivity contribution in [1.29, 1.82) is 0 Å². The van der Waals surface area contributed by atoms with E-state index in [-0.39, 0.29) is 80.7 Å². The fourth-order valence-corrected chi connectivity index (χ4v) is 16.2. The molecule has 3 aliphatic heterocycles. The fraction of sp³-hybridized carbons (Fsp3) is 0.462. The Kier molecular flexibility index (Phi) is 19.7. The van der Waals surface area contributed by atoms with Crippen LogP contribution in [0.4, 0.5) is 0 Å². The largest absolute Gasteiger partial charge is 0.507 e. The number of aliphatic hydroxyl groups is 4. The predicted octanol–water partition coefficient (Wildman–Crippen LogP) is 10.7. The van der Waals surface area contributed by atoms with E-state index in [9.17, 15) is 30.6 Å². The molecule has 2 bridgehead atoms. The summed E-state index contributed by atoms with van der Waals surface area (Å²) in [6, 6.07) is 34.8. The molecule has 6 aliphatic rings. The topological polar surface area (TPSA) is 222 Å². The summed E-state index contributed by atoms with van der Waals surface area (Å²) in [4.78, 5) is 3.43. The zero-order valence-electron chi connectivity index (χ0n) is 54.2. The van der Waals surface area contributed by atoms with Gasteiger partial charge in [0.1, 0.15) is 41.1 Å². The first kappa shape index (κ1) is 64.5. The second-order valence-electron chi connectivity index (χ2n) is 27.6. The molecule has 0 unspecified atom stereocenters. The van der Waals surface area contributed by atoms with Crippen LogP contribution in [0.3, 0.4) is 0 Å². The first-order valence-corrected chi connectivity index (χ1v) is 34.2. The molecule has 1 aromatic heterocycles. The second-order valence-corrected chi connectivity index (χ2v) is 27.6. The number of aromatic amines is 1. The smallest absolute Gasteiger partial charge is 0.162 e. The van der Waals surface area contributed by atoms with Crippen LogP contribution < -0.4 is 35.5 Å². The lowest BCUT2D eigenvalue weighted by Gasteiger charge is -2.50. The third-order valence-electron chi connectivity index (χ3n) is 20.5. The number of fused-ring (bicyclic) bond motifs is 12. The van der Waals surface area contributed by atoms with Gasteiger partial charge in [0, 0.05) is 85.1 Å². The van der Waals surface area contributed by atoms with Crippen LogP contribution in [0.1, 0.15) is 151 Å². The quantitative estimate of drug-likeness (QED) is 0.0146. The molecule has 7 aromatic rings. The van der Waals surface area contributed by atoms with Crippen LogP contribution in [0.5, 0.6) is 28.7 Å². The molecule has 1 fully saturated rings. The van der Waals surface area contributed by atoms with Crippen LogP contribution in [-0.2, 0) is 49.7 Å². The number of rotatable bonds is 25. The molecule has 0 spiro atoms. The molecule has 93 heavy (non-hydrogen) atoms. The Morgan fingerprint density at radius 3 is 2.37 bits per heavy atom. The van der Waals surface area contributed by atoms with Gasteiger partial charge in [0.05, 0.1) is 25.5 Å². The third-order valence-corrected chi connectivity index (χ3v) is 20.5. The average Bonchev–Trinajstić information content (AvgIpc) is 1.06. The summed E-state index contributed by atoms with van der Waals surface area (Å²) < 4.78 is 29.7. The van der Waals surface area contributed by atoms with Crippen LogP contribution in [0.2, 0.25) is 0 Å². The number of ether oxygens (including phenoxy) is 4. The monoisotopic (exact) mass is 1260 g/mol. The highest BCUT2D eigenvalue weighted by molar-refractivity contribution is 5.90. The maximum absolute atomic E-state index is 12.5. The summed E-state index contributed by atoms with van der Waals surface area (Å²) in [5.41, 5.74) is 12.5. The molecule has 1 saturated carbocycles. The van der Waals surface area contributed by atoms with Crippen LogP contribution >= 0.6 is 0 Å². The Morgan fingerprint density at radius 1 is 0.774 bits per heavy atom. The highest BCUT2D eigenvalue weighted by Gasteiger charge is 2.55. The zero-order valence-corrected chi connectivity index (χ0v) is 54.2. The van der Waals surface area contributed by atoms with Crippen molar-refractivity contribution in [2.75, 3.05) is 52.9 Å². The highest BCUT2D eigenvalue weighted by atomic mass is 16.6. The minimum atomic E-state index is -1.35. The minimum Gasteiger partial charge on any atom is -0.507 e. The molecule has 0 amide bonds. The number of phenolic OH excluding ortho intramolecular Hbond substituents is 2. The number of aryl methyl sites for hydroxylation is 3. The molecular formula is C78H93N5O10. The Balaban J connectivity index is 0.999. The molecule has 0 saturated heterocycles. The highest BCUT2D eigenvalue weighted by Crippen LogP contribution is 2.62. The molecule has 6 aromatic carbocycles. The maximum atomic E-state index is 12.5. The van der Waals surface area contributed by atoms with Gasteiger partial charge in [-0.3, -0.25) is 10.6 Å². The lowest BCUT2D eigenvalue weighted by Crippen LogP contribution is -2.62. The van der Waals surface area contributed by atoms with Crippen molar-refractivity contribution in [2.24, 2.45) is 5.92 Å². The molecule has 15 nitrogen and oxygen atoms in total. The number of benzene rings is 6. The summed E-state index contributed by atoms with van der Waals surface area (Å²) >= 11 is 0. The van der Waals surface area contributed by atoms with E-state index in [1.54, 1.807) is 0 Å². The first-order chi connectivity index (χ1) is 45.3. The van der Waals surface area contributed by atoms with Crippen LogP contribution in [0.25, 0.3) is 28.1 Å². The summed E-state index contributed by atoms with van der Waals surface area (Å²) in [6.07, 6.45) is 12.4. The van der Waals surface area contributed by atoms with E-state index in [1.165, 1.54) is 16.7 Å². The Morgan fingerprint density at radius 2 is 1.57 bits per heavy atom. The van der Waals surface area contributed by atoms with Gasteiger partial charge >= 0.3 is 0 Å². The standard InChI is InChI=1S/C78H93N5O10/c1-48(2)40-77(3,89)45-80-46-82-69-21-11-20-58(43-85)91-68-38-55(36-54(73(68)88)23-22-50-16-7-8-17-51(50)31-34-84)76-78(69,90-47-83-57-18-9-10-19-57)41-65-62-39-64-70(53-24-28-66-52(35-53)30-33-81-66)56(42-79-32-12-15-49-13-5-4-6-14-49)37-63-67(87)29-27-60(71(63)64)72(62)75-61(74(65)93-76)26-25-59(44-86)92-75/h4-8,13-14,16-17,24,27-30,33,35-38,48,57-59,64,69-70,76,79-89H,9-10,12,15,18-20,22-23,25-26,31-32,34,39-47H2,1-3H3/t58-,59+,64+,69-,70-,76-,77-,78+/m1/s1. The average molecular weight is 1260 g/mol. The maximum Gasteiger partial charge on any atom is 0.162 e. The molecule has 490 valence electrons. The lowest BCUT2D eigenvalue weighted by molar-refractivity contribution is -0.143. The van der Waals surface area contributed by atoms with E-state index >= 15 is 0 Å².